The fourth-order valence-electron chi connectivity index (χ4n) is 1.41. The van der Waals surface area contributed by atoms with Crippen LogP contribution >= 0.6 is 34.5 Å². The minimum absolute atomic E-state index is 0.307. The number of nitrogens with one attached hydrogen (secondary N) is 1. The topological polar surface area (TPSA) is 68.3 Å². The molecule has 1 aromatic heterocycles. The number of aromatic nitrogens is 1. The Morgan fingerprint density at radius 2 is 2.17 bits per heavy atom. The second-order valence-corrected chi connectivity index (χ2v) is 6.70. The van der Waals surface area contributed by atoms with Crippen LogP contribution in [0.4, 0.5) is 5.13 Å². The maximum atomic E-state index is 11.9. The predicted octanol–water partition coefficient (Wildman–Crippen LogP) is 2.45. The molecule has 1 aliphatic rings. The molecule has 1 amide bonds. The molecule has 98 valence electrons. The number of methoxy groups -OCH3 is 1. The van der Waals surface area contributed by atoms with E-state index in [1.807, 2.05) is 0 Å². The van der Waals surface area contributed by atoms with Crippen molar-refractivity contribution < 1.29 is 14.3 Å². The highest BCUT2D eigenvalue weighted by atomic mass is 35.5. The standard InChI is InChI=1S/C10H10Cl2N2O3S/c1-9(4-10(9,11)12)7(16)14-8-13-3-5(18-8)6(15)17-2/h3H,4H2,1-2H3,(H,13,14,16). The number of carbonyl (C=O) groups is 2. The van der Waals surface area contributed by atoms with Gasteiger partial charge in [-0.1, -0.05) is 11.3 Å². The molecule has 1 aliphatic carbocycles. The zero-order valence-corrected chi connectivity index (χ0v) is 11.9. The summed E-state index contributed by atoms with van der Waals surface area (Å²) in [5, 5.41) is 2.91. The van der Waals surface area contributed by atoms with E-state index in [9.17, 15) is 9.59 Å². The highest BCUT2D eigenvalue weighted by Gasteiger charge is 2.68. The van der Waals surface area contributed by atoms with Gasteiger partial charge in [-0.25, -0.2) is 9.78 Å². The molecule has 8 heteroatoms. The van der Waals surface area contributed by atoms with Crippen LogP contribution in [0.5, 0.6) is 0 Å². The van der Waals surface area contributed by atoms with E-state index in [1.54, 1.807) is 6.92 Å². The van der Waals surface area contributed by atoms with Gasteiger partial charge in [0.05, 0.1) is 18.7 Å². The van der Waals surface area contributed by atoms with Crippen molar-refractivity contribution in [2.45, 2.75) is 17.7 Å². The fraction of sp³-hybridized carbons (Fsp3) is 0.500. The fourth-order valence-corrected chi connectivity index (χ4v) is 2.84. The van der Waals surface area contributed by atoms with Gasteiger partial charge in [0.2, 0.25) is 5.91 Å². The van der Waals surface area contributed by atoms with E-state index < -0.39 is 15.7 Å². The number of amides is 1. The molecule has 0 bridgehead atoms. The number of alkyl halides is 2. The molecule has 1 aromatic rings. The number of anilines is 1. The molecule has 1 heterocycles. The summed E-state index contributed by atoms with van der Waals surface area (Å²) in [4.78, 5) is 27.4. The van der Waals surface area contributed by atoms with Crippen molar-refractivity contribution in [2.75, 3.05) is 12.4 Å². The molecule has 18 heavy (non-hydrogen) atoms. The maximum Gasteiger partial charge on any atom is 0.349 e. The summed E-state index contributed by atoms with van der Waals surface area (Å²) in [6.45, 7) is 1.68. The molecular formula is C10H10Cl2N2O3S. The van der Waals surface area contributed by atoms with Gasteiger partial charge >= 0.3 is 5.97 Å². The van der Waals surface area contributed by atoms with Gasteiger partial charge in [0, 0.05) is 0 Å². The van der Waals surface area contributed by atoms with Crippen LogP contribution in [0.2, 0.25) is 0 Å². The van der Waals surface area contributed by atoms with Gasteiger partial charge in [-0.3, -0.25) is 4.79 Å². The van der Waals surface area contributed by atoms with Crippen molar-refractivity contribution in [1.29, 1.82) is 0 Å². The van der Waals surface area contributed by atoms with Crippen molar-refractivity contribution >= 4 is 51.5 Å². The number of hydrogen-bond donors (Lipinski definition) is 1. The maximum absolute atomic E-state index is 11.9. The van der Waals surface area contributed by atoms with Gasteiger partial charge in [0.15, 0.2) is 5.13 Å². The van der Waals surface area contributed by atoms with E-state index in [4.69, 9.17) is 23.2 Å². The van der Waals surface area contributed by atoms with Gasteiger partial charge in [-0.2, -0.15) is 0 Å². The van der Waals surface area contributed by atoms with E-state index >= 15 is 0 Å². The normalized spacial score (nSPS) is 24.4. The predicted molar refractivity (Wildman–Crippen MR) is 69.2 cm³/mol. The number of nitrogens with zero attached hydrogens (tertiary/aromatic N) is 1. The van der Waals surface area contributed by atoms with E-state index in [0.29, 0.717) is 16.4 Å². The van der Waals surface area contributed by atoms with Crippen LogP contribution in [0.3, 0.4) is 0 Å². The highest BCUT2D eigenvalue weighted by molar-refractivity contribution is 7.17. The van der Waals surface area contributed by atoms with Gasteiger partial charge in [0.25, 0.3) is 0 Å². The Morgan fingerprint density at radius 1 is 1.56 bits per heavy atom. The van der Waals surface area contributed by atoms with E-state index in [2.05, 4.69) is 15.0 Å². The van der Waals surface area contributed by atoms with Crippen LogP contribution in [-0.4, -0.2) is 28.3 Å². The lowest BCUT2D eigenvalue weighted by Crippen LogP contribution is -2.25. The number of halogens is 2. The molecule has 5 nitrogen and oxygen atoms in total. The smallest absolute Gasteiger partial charge is 0.349 e. The Morgan fingerprint density at radius 3 is 2.67 bits per heavy atom. The van der Waals surface area contributed by atoms with Crippen LogP contribution in [0.15, 0.2) is 6.20 Å². The first-order valence-electron chi connectivity index (χ1n) is 5.03. The van der Waals surface area contributed by atoms with Gasteiger partial charge in [-0.15, -0.1) is 23.2 Å². The largest absolute Gasteiger partial charge is 0.465 e. The Balaban J connectivity index is 2.05. The summed E-state index contributed by atoms with van der Waals surface area (Å²) in [5.74, 6) is -0.798. The number of hydrogen-bond acceptors (Lipinski definition) is 5. The molecular weight excluding hydrogens is 299 g/mol. The minimum atomic E-state index is -1.03. The van der Waals surface area contributed by atoms with E-state index in [-0.39, 0.29) is 5.91 Å². The average molecular weight is 309 g/mol. The molecule has 1 saturated carbocycles. The molecule has 1 unspecified atom stereocenters. The van der Waals surface area contributed by atoms with E-state index in [0.717, 1.165) is 11.3 Å². The number of rotatable bonds is 3. The van der Waals surface area contributed by atoms with Crippen LogP contribution < -0.4 is 5.32 Å². The van der Waals surface area contributed by atoms with Crippen LogP contribution in [0, 0.1) is 5.41 Å². The minimum Gasteiger partial charge on any atom is -0.465 e. The van der Waals surface area contributed by atoms with Crippen LogP contribution in [0.25, 0.3) is 0 Å². The Bertz CT molecular complexity index is 517. The zero-order valence-electron chi connectivity index (χ0n) is 9.62. The third kappa shape index (κ3) is 2.20. The number of ether oxygens (including phenoxy) is 1. The molecule has 0 spiro atoms. The summed E-state index contributed by atoms with van der Waals surface area (Å²) >= 11 is 12.8. The molecule has 0 saturated heterocycles. The first kappa shape index (κ1) is 13.6. The van der Waals surface area contributed by atoms with E-state index in [1.165, 1.54) is 13.3 Å². The lowest BCUT2D eigenvalue weighted by molar-refractivity contribution is -0.120. The first-order valence-corrected chi connectivity index (χ1v) is 6.61. The van der Waals surface area contributed by atoms with Crippen molar-refractivity contribution in [1.82, 2.24) is 4.98 Å². The summed E-state index contributed by atoms with van der Waals surface area (Å²) in [6.07, 6.45) is 1.74. The van der Waals surface area contributed by atoms with Crippen molar-refractivity contribution in [3.63, 3.8) is 0 Å². The SMILES string of the molecule is COC(=O)c1cnc(NC(=O)C2(C)CC2(Cl)Cl)s1. The second-order valence-electron chi connectivity index (χ2n) is 4.19. The van der Waals surface area contributed by atoms with Crippen molar-refractivity contribution in [3.05, 3.63) is 11.1 Å². The lowest BCUT2D eigenvalue weighted by atomic mass is 10.1. The number of carbonyl (C=O) groups excluding carboxylic acids is 2. The highest BCUT2D eigenvalue weighted by Crippen LogP contribution is 2.64. The first-order chi connectivity index (χ1) is 8.30. The monoisotopic (exact) mass is 308 g/mol. The van der Waals surface area contributed by atoms with Gasteiger partial charge < -0.3 is 10.1 Å². The number of thiazole rings is 1. The summed E-state index contributed by atoms with van der Waals surface area (Å²) in [6, 6.07) is 0. The lowest BCUT2D eigenvalue weighted by Gasteiger charge is -2.10. The molecule has 2 rings (SSSR count). The molecule has 0 aromatic carbocycles. The summed E-state index contributed by atoms with van der Waals surface area (Å²) in [7, 11) is 1.28. The van der Waals surface area contributed by atoms with Crippen molar-refractivity contribution in [3.8, 4) is 0 Å². The third-order valence-corrected chi connectivity index (χ3v) is 4.87. The molecule has 1 N–H and O–H groups in total. The average Bonchev–Trinajstić information content (AvgIpc) is 2.67. The molecule has 1 fully saturated rings. The summed E-state index contributed by atoms with van der Waals surface area (Å²) in [5.41, 5.74) is -0.812. The zero-order chi connectivity index (χ0) is 13.6. The quantitative estimate of drug-likeness (QED) is 0.688. The summed E-state index contributed by atoms with van der Waals surface area (Å²) < 4.78 is 3.52. The molecule has 0 radical (unpaired) electrons. The van der Waals surface area contributed by atoms with Crippen molar-refractivity contribution in [2.24, 2.45) is 5.41 Å². The third-order valence-electron chi connectivity index (χ3n) is 2.87. The Hall–Kier alpha value is -0.850. The van der Waals surface area contributed by atoms with Gasteiger partial charge in [-0.05, 0) is 13.3 Å². The van der Waals surface area contributed by atoms with Crippen LogP contribution in [-0.2, 0) is 9.53 Å². The number of esters is 1. The Labute approximate surface area is 117 Å². The van der Waals surface area contributed by atoms with Gasteiger partial charge in [0.1, 0.15) is 9.21 Å². The molecule has 0 aliphatic heterocycles. The second kappa shape index (κ2) is 4.36. The Kier molecular flexibility index (Phi) is 3.29. The molecule has 1 atom stereocenters. The van der Waals surface area contributed by atoms with Crippen LogP contribution in [0.1, 0.15) is 23.0 Å².